The van der Waals surface area contributed by atoms with Gasteiger partial charge in [0.15, 0.2) is 0 Å². The second-order valence-electron chi connectivity index (χ2n) is 4.28. The van der Waals surface area contributed by atoms with Crippen molar-refractivity contribution in [1.82, 2.24) is 0 Å². The molecule has 0 amide bonds. The van der Waals surface area contributed by atoms with Crippen molar-refractivity contribution in [2.45, 2.75) is 0 Å². The lowest BCUT2D eigenvalue weighted by Gasteiger charge is -2.11. The van der Waals surface area contributed by atoms with Gasteiger partial charge >= 0.3 is 0 Å². The Balaban J connectivity index is 1.81. The van der Waals surface area contributed by atoms with Gasteiger partial charge in [-0.1, -0.05) is 6.07 Å². The van der Waals surface area contributed by atoms with Gasteiger partial charge in [-0.3, -0.25) is 0 Å². The third-order valence-electron chi connectivity index (χ3n) is 2.87. The third kappa shape index (κ3) is 4.21. The van der Waals surface area contributed by atoms with E-state index in [1.165, 1.54) is 0 Å². The summed E-state index contributed by atoms with van der Waals surface area (Å²) in [6.07, 6.45) is 0. The summed E-state index contributed by atoms with van der Waals surface area (Å²) in [5.41, 5.74) is 6.40. The van der Waals surface area contributed by atoms with Crippen LogP contribution in [0.2, 0.25) is 0 Å². The highest BCUT2D eigenvalue weighted by Gasteiger charge is 2.03. The molecule has 0 aliphatic carbocycles. The SMILES string of the molecule is COc1cccc(OCCOc2ccc(OC)cc2N)c1. The van der Waals surface area contributed by atoms with Crippen molar-refractivity contribution in [1.29, 1.82) is 0 Å². The Labute approximate surface area is 124 Å². The first-order valence-electron chi connectivity index (χ1n) is 6.56. The van der Waals surface area contributed by atoms with Crippen LogP contribution in [0.1, 0.15) is 0 Å². The van der Waals surface area contributed by atoms with Crippen LogP contribution in [0.5, 0.6) is 23.0 Å². The van der Waals surface area contributed by atoms with Gasteiger partial charge < -0.3 is 24.7 Å². The monoisotopic (exact) mass is 289 g/mol. The third-order valence-corrected chi connectivity index (χ3v) is 2.87. The van der Waals surface area contributed by atoms with Crippen molar-refractivity contribution in [2.24, 2.45) is 0 Å². The summed E-state index contributed by atoms with van der Waals surface area (Å²) < 4.78 is 21.4. The van der Waals surface area contributed by atoms with Gasteiger partial charge in [-0.2, -0.15) is 0 Å². The molecular formula is C16H19NO4. The summed E-state index contributed by atoms with van der Waals surface area (Å²) >= 11 is 0. The molecule has 0 aliphatic rings. The van der Waals surface area contributed by atoms with E-state index in [-0.39, 0.29) is 0 Å². The Morgan fingerprint density at radius 2 is 1.48 bits per heavy atom. The normalized spacial score (nSPS) is 10.0. The van der Waals surface area contributed by atoms with E-state index in [0.717, 1.165) is 11.5 Å². The number of rotatable bonds is 7. The van der Waals surface area contributed by atoms with Gasteiger partial charge in [-0.15, -0.1) is 0 Å². The zero-order valence-electron chi connectivity index (χ0n) is 12.2. The van der Waals surface area contributed by atoms with Gasteiger partial charge in [0, 0.05) is 12.1 Å². The Hall–Kier alpha value is -2.56. The number of ether oxygens (including phenoxy) is 4. The van der Waals surface area contributed by atoms with Crippen LogP contribution < -0.4 is 24.7 Å². The van der Waals surface area contributed by atoms with Gasteiger partial charge in [0.25, 0.3) is 0 Å². The smallest absolute Gasteiger partial charge is 0.142 e. The van der Waals surface area contributed by atoms with E-state index in [0.29, 0.717) is 30.4 Å². The molecule has 2 aromatic carbocycles. The molecule has 2 rings (SSSR count). The van der Waals surface area contributed by atoms with Gasteiger partial charge in [-0.05, 0) is 24.3 Å². The lowest BCUT2D eigenvalue weighted by molar-refractivity contribution is 0.217. The van der Waals surface area contributed by atoms with Crippen molar-refractivity contribution < 1.29 is 18.9 Å². The number of anilines is 1. The quantitative estimate of drug-likeness (QED) is 0.627. The summed E-state index contributed by atoms with van der Waals surface area (Å²) in [6.45, 7) is 0.812. The van der Waals surface area contributed by atoms with Crippen LogP contribution in [-0.4, -0.2) is 27.4 Å². The maximum absolute atomic E-state index is 5.87. The van der Waals surface area contributed by atoms with E-state index in [1.54, 1.807) is 32.4 Å². The minimum atomic E-state index is 0.397. The van der Waals surface area contributed by atoms with Gasteiger partial charge in [0.05, 0.1) is 19.9 Å². The largest absolute Gasteiger partial charge is 0.497 e. The number of benzene rings is 2. The highest BCUT2D eigenvalue weighted by Crippen LogP contribution is 2.26. The van der Waals surface area contributed by atoms with Crippen molar-refractivity contribution >= 4 is 5.69 Å². The zero-order chi connectivity index (χ0) is 15.1. The van der Waals surface area contributed by atoms with Crippen LogP contribution in [0.25, 0.3) is 0 Å². The first kappa shape index (κ1) is 14.8. The van der Waals surface area contributed by atoms with Crippen LogP contribution >= 0.6 is 0 Å². The second kappa shape index (κ2) is 7.28. The predicted molar refractivity (Wildman–Crippen MR) is 81.4 cm³/mol. The van der Waals surface area contributed by atoms with Crippen molar-refractivity contribution in [3.63, 3.8) is 0 Å². The van der Waals surface area contributed by atoms with Crippen molar-refractivity contribution in [3.8, 4) is 23.0 Å². The lowest BCUT2D eigenvalue weighted by Crippen LogP contribution is -2.10. The van der Waals surface area contributed by atoms with E-state index in [4.69, 9.17) is 24.7 Å². The maximum Gasteiger partial charge on any atom is 0.142 e. The fraction of sp³-hybridized carbons (Fsp3) is 0.250. The predicted octanol–water partition coefficient (Wildman–Crippen LogP) is 2.74. The molecule has 0 fully saturated rings. The van der Waals surface area contributed by atoms with Crippen molar-refractivity contribution in [2.75, 3.05) is 33.2 Å². The molecule has 21 heavy (non-hydrogen) atoms. The summed E-state index contributed by atoms with van der Waals surface area (Å²) in [7, 11) is 3.21. The summed E-state index contributed by atoms with van der Waals surface area (Å²) in [6, 6.07) is 12.7. The Morgan fingerprint density at radius 3 is 2.19 bits per heavy atom. The molecule has 0 saturated heterocycles. The molecule has 0 saturated carbocycles. The van der Waals surface area contributed by atoms with Gasteiger partial charge in [0.2, 0.25) is 0 Å². The van der Waals surface area contributed by atoms with E-state index < -0.39 is 0 Å². The number of hydrogen-bond acceptors (Lipinski definition) is 5. The maximum atomic E-state index is 5.87. The fourth-order valence-electron chi connectivity index (χ4n) is 1.79. The molecule has 0 aliphatic heterocycles. The van der Waals surface area contributed by atoms with Crippen LogP contribution in [0.4, 0.5) is 5.69 Å². The molecule has 0 atom stereocenters. The minimum absolute atomic E-state index is 0.397. The molecule has 0 heterocycles. The van der Waals surface area contributed by atoms with E-state index in [1.807, 2.05) is 24.3 Å². The standard InChI is InChI=1S/C16H19NO4/c1-18-12-4-3-5-14(10-12)20-8-9-21-16-7-6-13(19-2)11-15(16)17/h3-7,10-11H,8-9,17H2,1-2H3. The minimum Gasteiger partial charge on any atom is -0.497 e. The van der Waals surface area contributed by atoms with Crippen LogP contribution in [-0.2, 0) is 0 Å². The van der Waals surface area contributed by atoms with E-state index >= 15 is 0 Å². The Kier molecular flexibility index (Phi) is 5.15. The van der Waals surface area contributed by atoms with E-state index in [9.17, 15) is 0 Å². The molecular weight excluding hydrogens is 270 g/mol. The number of hydrogen-bond donors (Lipinski definition) is 1. The highest BCUT2D eigenvalue weighted by molar-refractivity contribution is 5.56. The van der Waals surface area contributed by atoms with Crippen LogP contribution in [0.3, 0.4) is 0 Å². The molecule has 0 unspecified atom stereocenters. The fourth-order valence-corrected chi connectivity index (χ4v) is 1.79. The van der Waals surface area contributed by atoms with Gasteiger partial charge in [-0.25, -0.2) is 0 Å². The van der Waals surface area contributed by atoms with Crippen LogP contribution in [0, 0.1) is 0 Å². The first-order chi connectivity index (χ1) is 10.2. The van der Waals surface area contributed by atoms with Crippen LogP contribution in [0.15, 0.2) is 42.5 Å². The molecule has 0 bridgehead atoms. The molecule has 0 radical (unpaired) electrons. The molecule has 2 aromatic rings. The Morgan fingerprint density at radius 1 is 0.810 bits per heavy atom. The Bertz CT molecular complexity index is 586. The topological polar surface area (TPSA) is 62.9 Å². The molecule has 0 spiro atoms. The summed E-state index contributed by atoms with van der Waals surface area (Å²) in [5.74, 6) is 2.81. The number of nitrogens with two attached hydrogens (primary N) is 1. The van der Waals surface area contributed by atoms with Gasteiger partial charge in [0.1, 0.15) is 36.2 Å². The summed E-state index contributed by atoms with van der Waals surface area (Å²) in [4.78, 5) is 0. The number of nitrogen functional groups attached to an aromatic ring is 1. The molecule has 2 N–H and O–H groups in total. The van der Waals surface area contributed by atoms with Crippen molar-refractivity contribution in [3.05, 3.63) is 42.5 Å². The summed E-state index contributed by atoms with van der Waals surface area (Å²) in [5, 5.41) is 0. The first-order valence-corrected chi connectivity index (χ1v) is 6.56. The molecule has 5 nitrogen and oxygen atoms in total. The lowest BCUT2D eigenvalue weighted by atomic mass is 10.3. The molecule has 112 valence electrons. The molecule has 0 aromatic heterocycles. The highest BCUT2D eigenvalue weighted by atomic mass is 16.5. The average molecular weight is 289 g/mol. The average Bonchev–Trinajstić information content (AvgIpc) is 2.52. The zero-order valence-corrected chi connectivity index (χ0v) is 12.2. The van der Waals surface area contributed by atoms with E-state index in [2.05, 4.69) is 0 Å². The second-order valence-corrected chi connectivity index (χ2v) is 4.28. The number of methoxy groups -OCH3 is 2. The molecule has 5 heteroatoms.